The first kappa shape index (κ1) is 21.5. The van der Waals surface area contributed by atoms with Gasteiger partial charge >= 0.3 is 0 Å². The van der Waals surface area contributed by atoms with E-state index in [4.69, 9.17) is 18.7 Å². The van der Waals surface area contributed by atoms with Crippen molar-refractivity contribution in [2.45, 2.75) is 39.7 Å². The summed E-state index contributed by atoms with van der Waals surface area (Å²) in [5.41, 5.74) is 2.19. The van der Waals surface area contributed by atoms with E-state index in [1.54, 1.807) is 20.3 Å². The molecule has 2 heterocycles. The van der Waals surface area contributed by atoms with E-state index in [2.05, 4.69) is 20.1 Å². The Balaban J connectivity index is 1.84. The zero-order valence-corrected chi connectivity index (χ0v) is 17.8. The monoisotopic (exact) mass is 414 g/mol. The maximum atomic E-state index is 9.38. The Labute approximate surface area is 175 Å². The second kappa shape index (κ2) is 9.53. The van der Waals surface area contributed by atoms with Gasteiger partial charge in [0.15, 0.2) is 18.1 Å². The molecule has 0 aliphatic heterocycles. The summed E-state index contributed by atoms with van der Waals surface area (Å²) in [6, 6.07) is 5.43. The highest BCUT2D eigenvalue weighted by Crippen LogP contribution is 2.36. The van der Waals surface area contributed by atoms with Gasteiger partial charge in [-0.3, -0.25) is 0 Å². The number of aryl methyl sites for hydroxylation is 1. The van der Waals surface area contributed by atoms with E-state index in [-0.39, 0.29) is 25.0 Å². The summed E-state index contributed by atoms with van der Waals surface area (Å²) < 4.78 is 22.0. The summed E-state index contributed by atoms with van der Waals surface area (Å²) in [5, 5.41) is 13.4. The molecule has 0 amide bonds. The van der Waals surface area contributed by atoms with Crippen LogP contribution in [-0.4, -0.2) is 46.0 Å². The van der Waals surface area contributed by atoms with Crippen molar-refractivity contribution in [2.24, 2.45) is 0 Å². The number of nitrogens with zero attached hydrogens (tertiary/aromatic N) is 4. The van der Waals surface area contributed by atoms with Crippen LogP contribution in [0.15, 0.2) is 22.7 Å². The molecular formula is C21H26N4O5. The van der Waals surface area contributed by atoms with E-state index in [0.717, 1.165) is 11.3 Å². The molecule has 0 aliphatic rings. The molecule has 1 aromatic carbocycles. The first-order valence-corrected chi connectivity index (χ1v) is 9.63. The zero-order chi connectivity index (χ0) is 21.7. The van der Waals surface area contributed by atoms with Crippen molar-refractivity contribution in [1.82, 2.24) is 20.1 Å². The van der Waals surface area contributed by atoms with Gasteiger partial charge in [0.1, 0.15) is 5.82 Å². The third-order valence-electron chi connectivity index (χ3n) is 4.52. The van der Waals surface area contributed by atoms with E-state index in [0.29, 0.717) is 41.0 Å². The molecule has 160 valence electrons. The topological polar surface area (TPSA) is 113 Å². The second-order valence-electron chi connectivity index (χ2n) is 6.92. The summed E-state index contributed by atoms with van der Waals surface area (Å²) >= 11 is 0. The molecular weight excluding hydrogens is 388 g/mol. The Bertz CT molecular complexity index is 1000. The van der Waals surface area contributed by atoms with E-state index < -0.39 is 0 Å². The van der Waals surface area contributed by atoms with Crippen molar-refractivity contribution >= 4 is 0 Å². The molecule has 1 N–H and O–H groups in total. The molecule has 0 spiro atoms. The number of methoxy groups -OCH3 is 2. The highest BCUT2D eigenvalue weighted by molar-refractivity contribution is 5.68. The summed E-state index contributed by atoms with van der Waals surface area (Å²) in [6.45, 7) is 5.91. The SMILES string of the molecule is COc1cccc(-c2noc(COc3nc(C(C)C)nc(C)c3CCO)n2)c1OC. The number of rotatable bonds is 9. The van der Waals surface area contributed by atoms with Crippen molar-refractivity contribution in [3.63, 3.8) is 0 Å². The lowest BCUT2D eigenvalue weighted by Gasteiger charge is -2.14. The van der Waals surface area contributed by atoms with Crippen molar-refractivity contribution in [1.29, 1.82) is 0 Å². The van der Waals surface area contributed by atoms with Gasteiger partial charge in [-0.15, -0.1) is 0 Å². The number of aliphatic hydroxyl groups excluding tert-OH is 1. The minimum Gasteiger partial charge on any atom is -0.493 e. The zero-order valence-electron chi connectivity index (χ0n) is 17.8. The Kier molecular flexibility index (Phi) is 6.83. The van der Waals surface area contributed by atoms with Crippen LogP contribution in [0.4, 0.5) is 0 Å². The van der Waals surface area contributed by atoms with Crippen molar-refractivity contribution in [3.05, 3.63) is 41.2 Å². The summed E-state index contributed by atoms with van der Waals surface area (Å²) in [4.78, 5) is 13.4. The standard InChI is InChI=1S/C21H26N4O5/c1-12(2)19-22-13(3)14(9-10-26)21(24-19)29-11-17-23-20(25-30-17)15-7-6-8-16(27-4)18(15)28-5/h6-8,12,26H,9-11H2,1-5H3. The maximum absolute atomic E-state index is 9.38. The molecule has 0 aliphatic carbocycles. The highest BCUT2D eigenvalue weighted by atomic mass is 16.5. The fourth-order valence-electron chi connectivity index (χ4n) is 2.98. The minimum atomic E-state index is -0.0259. The lowest BCUT2D eigenvalue weighted by molar-refractivity contribution is 0.229. The van der Waals surface area contributed by atoms with Crippen LogP contribution in [0.5, 0.6) is 17.4 Å². The molecule has 9 nitrogen and oxygen atoms in total. The van der Waals surface area contributed by atoms with Crippen LogP contribution in [0.3, 0.4) is 0 Å². The van der Waals surface area contributed by atoms with Gasteiger partial charge in [-0.05, 0) is 19.1 Å². The second-order valence-corrected chi connectivity index (χ2v) is 6.92. The van der Waals surface area contributed by atoms with Gasteiger partial charge in [-0.1, -0.05) is 25.1 Å². The molecule has 9 heteroatoms. The number of benzene rings is 1. The van der Waals surface area contributed by atoms with Gasteiger partial charge < -0.3 is 23.8 Å². The minimum absolute atomic E-state index is 0.0259. The molecule has 0 bridgehead atoms. The Hall–Kier alpha value is -3.20. The molecule has 0 saturated carbocycles. The molecule has 2 aromatic heterocycles. The average molecular weight is 414 g/mol. The van der Waals surface area contributed by atoms with Crippen LogP contribution in [0.2, 0.25) is 0 Å². The van der Waals surface area contributed by atoms with Crippen LogP contribution in [0.1, 0.15) is 42.7 Å². The van der Waals surface area contributed by atoms with Crippen LogP contribution in [0.25, 0.3) is 11.4 Å². The molecule has 0 fully saturated rings. The summed E-state index contributed by atoms with van der Waals surface area (Å²) in [7, 11) is 3.12. The molecule has 3 aromatic rings. The fraction of sp³-hybridized carbons (Fsp3) is 0.429. The largest absolute Gasteiger partial charge is 0.493 e. The molecule has 0 atom stereocenters. The Morgan fingerprint density at radius 2 is 1.90 bits per heavy atom. The van der Waals surface area contributed by atoms with Gasteiger partial charge in [0, 0.05) is 30.2 Å². The lowest BCUT2D eigenvalue weighted by atomic mass is 10.1. The Morgan fingerprint density at radius 3 is 2.57 bits per heavy atom. The number of ether oxygens (including phenoxy) is 3. The van der Waals surface area contributed by atoms with Gasteiger partial charge in [0.2, 0.25) is 11.7 Å². The van der Waals surface area contributed by atoms with Crippen molar-refractivity contribution < 1.29 is 23.8 Å². The third-order valence-corrected chi connectivity index (χ3v) is 4.52. The first-order valence-electron chi connectivity index (χ1n) is 9.63. The van der Waals surface area contributed by atoms with Crippen molar-refractivity contribution in [3.8, 4) is 28.8 Å². The van der Waals surface area contributed by atoms with Gasteiger partial charge in [0.05, 0.1) is 19.8 Å². The highest BCUT2D eigenvalue weighted by Gasteiger charge is 2.19. The summed E-state index contributed by atoms with van der Waals surface area (Å²) in [6.07, 6.45) is 0.398. The van der Waals surface area contributed by atoms with E-state index in [9.17, 15) is 5.11 Å². The average Bonchev–Trinajstić information content (AvgIpc) is 3.22. The number of hydrogen-bond acceptors (Lipinski definition) is 9. The molecule has 3 rings (SSSR count). The quantitative estimate of drug-likeness (QED) is 0.564. The number of hydrogen-bond donors (Lipinski definition) is 1. The fourth-order valence-corrected chi connectivity index (χ4v) is 2.98. The van der Waals surface area contributed by atoms with E-state index >= 15 is 0 Å². The lowest BCUT2D eigenvalue weighted by Crippen LogP contribution is -2.10. The van der Waals surface area contributed by atoms with Gasteiger partial charge in [-0.2, -0.15) is 9.97 Å². The van der Waals surface area contributed by atoms with Crippen LogP contribution >= 0.6 is 0 Å². The van der Waals surface area contributed by atoms with E-state index in [1.807, 2.05) is 32.9 Å². The molecule has 0 radical (unpaired) electrons. The Morgan fingerprint density at radius 1 is 1.10 bits per heavy atom. The van der Waals surface area contributed by atoms with Crippen LogP contribution in [0, 0.1) is 6.92 Å². The number of aromatic nitrogens is 4. The number of aliphatic hydroxyl groups is 1. The third kappa shape index (κ3) is 4.51. The first-order chi connectivity index (χ1) is 14.5. The van der Waals surface area contributed by atoms with Crippen LogP contribution < -0.4 is 14.2 Å². The molecule has 0 saturated heterocycles. The normalized spacial score (nSPS) is 11.0. The van der Waals surface area contributed by atoms with Crippen molar-refractivity contribution in [2.75, 3.05) is 20.8 Å². The smallest absolute Gasteiger partial charge is 0.264 e. The predicted octanol–water partition coefficient (Wildman–Crippen LogP) is 3.09. The van der Waals surface area contributed by atoms with Crippen LogP contribution in [-0.2, 0) is 13.0 Å². The maximum Gasteiger partial charge on any atom is 0.264 e. The predicted molar refractivity (Wildman–Crippen MR) is 109 cm³/mol. The van der Waals surface area contributed by atoms with Gasteiger partial charge in [-0.25, -0.2) is 4.98 Å². The summed E-state index contributed by atoms with van der Waals surface area (Å²) in [5.74, 6) is 2.98. The molecule has 30 heavy (non-hydrogen) atoms. The molecule has 0 unspecified atom stereocenters. The number of para-hydroxylation sites is 1. The van der Waals surface area contributed by atoms with Gasteiger partial charge in [0.25, 0.3) is 5.89 Å². The van der Waals surface area contributed by atoms with E-state index in [1.165, 1.54) is 0 Å².